The van der Waals surface area contributed by atoms with Crippen LogP contribution in [-0.2, 0) is 9.59 Å². The Kier molecular flexibility index (Phi) is 4.70. The van der Waals surface area contributed by atoms with Crippen LogP contribution in [-0.4, -0.2) is 41.0 Å². The number of carbonyl (C=O) groups is 2. The predicted octanol–water partition coefficient (Wildman–Crippen LogP) is 0.704. The van der Waals surface area contributed by atoms with Crippen LogP contribution in [0.5, 0.6) is 0 Å². The van der Waals surface area contributed by atoms with Gasteiger partial charge in [-0.25, -0.2) is 0 Å². The normalized spacial score (nSPS) is 31.6. The summed E-state index contributed by atoms with van der Waals surface area (Å²) in [4.78, 5) is 21.7. The van der Waals surface area contributed by atoms with Crippen LogP contribution in [0.25, 0.3) is 0 Å². The molecule has 14 heavy (non-hydrogen) atoms. The van der Waals surface area contributed by atoms with E-state index in [4.69, 9.17) is 10.2 Å². The predicted molar refractivity (Wildman–Crippen MR) is 52.5 cm³/mol. The molecule has 5 heteroatoms. The number of carboxylic acids is 2. The van der Waals surface area contributed by atoms with E-state index in [-0.39, 0.29) is 18.9 Å². The summed E-state index contributed by atoms with van der Waals surface area (Å²) >= 11 is 0. The monoisotopic (exact) mass is 194 g/mol. The number of hydrogen-bond acceptors (Lipinski definition) is 2. The Morgan fingerprint density at radius 3 is 2.21 bits per heavy atom. The quantitative estimate of drug-likeness (QED) is 0.634. The Balaban J connectivity index is 0.00000169. The molecule has 1 aliphatic rings. The van der Waals surface area contributed by atoms with Gasteiger partial charge in [-0.3, -0.25) is 9.59 Å². The summed E-state index contributed by atoms with van der Waals surface area (Å²) in [6, 6.07) is 0. The van der Waals surface area contributed by atoms with Gasteiger partial charge in [0.1, 0.15) is 0 Å². The third-order valence-corrected chi connectivity index (χ3v) is 2.99. The Labute approximate surface area is 94.9 Å². The van der Waals surface area contributed by atoms with Crippen molar-refractivity contribution in [2.24, 2.45) is 11.3 Å². The van der Waals surface area contributed by atoms with Gasteiger partial charge in [0.25, 0.3) is 0 Å². The average Bonchev–Trinajstić information content (AvgIpc) is 2.04. The maximum atomic E-state index is 10.9. The molecule has 1 saturated carbocycles. The fourth-order valence-electron chi connectivity index (χ4n) is 1.99. The summed E-state index contributed by atoms with van der Waals surface area (Å²) in [5, 5.41) is 17.8. The summed E-state index contributed by atoms with van der Waals surface area (Å²) in [7, 11) is 0. The fraction of sp³-hybridized carbons (Fsp3) is 0.778. The molecule has 2 N–H and O–H groups in total. The Hall–Kier alpha value is -0.463. The zero-order chi connectivity index (χ0) is 10.1. The van der Waals surface area contributed by atoms with E-state index in [9.17, 15) is 9.59 Å². The van der Waals surface area contributed by atoms with Gasteiger partial charge >= 0.3 is 30.8 Å². The van der Waals surface area contributed by atoms with Crippen molar-refractivity contribution in [3.63, 3.8) is 0 Å². The molecule has 0 aromatic rings. The summed E-state index contributed by atoms with van der Waals surface area (Å²) in [6.07, 6.45) is 2.59. The van der Waals surface area contributed by atoms with Gasteiger partial charge in [-0.1, -0.05) is 12.8 Å². The van der Waals surface area contributed by atoms with Gasteiger partial charge in [-0.05, 0) is 19.8 Å². The van der Waals surface area contributed by atoms with E-state index in [1.165, 1.54) is 6.92 Å². The standard InChI is InChI=1S/C9H14O4.Li.H/c1-9(8(12)13)5-3-2-4-6(9)7(10)11;;/h6H,2-5H2,1H3,(H,10,11)(H,12,13);;. The molecule has 0 spiro atoms. The molecule has 1 fully saturated rings. The Morgan fingerprint density at radius 1 is 1.29 bits per heavy atom. The second-order valence-corrected chi connectivity index (χ2v) is 3.86. The summed E-state index contributed by atoms with van der Waals surface area (Å²) in [5.41, 5.74) is -1.07. The van der Waals surface area contributed by atoms with Gasteiger partial charge in [0.15, 0.2) is 0 Å². The molecule has 1 rings (SSSR count). The first-order chi connectivity index (χ1) is 5.98. The molecule has 2 atom stereocenters. The topological polar surface area (TPSA) is 74.6 Å². The second-order valence-electron chi connectivity index (χ2n) is 3.86. The van der Waals surface area contributed by atoms with Crippen LogP contribution < -0.4 is 0 Å². The van der Waals surface area contributed by atoms with Gasteiger partial charge in [0.2, 0.25) is 0 Å². The molecular weight excluding hydrogens is 179 g/mol. The molecule has 0 aromatic carbocycles. The SMILES string of the molecule is CC1(C(=O)O)CCCCC1C(=O)O.[LiH]. The van der Waals surface area contributed by atoms with E-state index in [0.29, 0.717) is 12.8 Å². The molecule has 4 nitrogen and oxygen atoms in total. The molecule has 0 bridgehead atoms. The first-order valence-electron chi connectivity index (χ1n) is 4.44. The average molecular weight is 194 g/mol. The van der Waals surface area contributed by atoms with Crippen molar-refractivity contribution in [1.29, 1.82) is 0 Å². The third kappa shape index (κ3) is 2.31. The third-order valence-electron chi connectivity index (χ3n) is 2.99. The van der Waals surface area contributed by atoms with Gasteiger partial charge in [-0.15, -0.1) is 0 Å². The zero-order valence-electron chi connectivity index (χ0n) is 7.62. The van der Waals surface area contributed by atoms with Crippen molar-refractivity contribution in [2.75, 3.05) is 0 Å². The van der Waals surface area contributed by atoms with Gasteiger partial charge in [0.05, 0.1) is 11.3 Å². The maximum absolute atomic E-state index is 10.9. The van der Waals surface area contributed by atoms with Crippen LogP contribution in [0.1, 0.15) is 32.6 Å². The van der Waals surface area contributed by atoms with Gasteiger partial charge in [0, 0.05) is 0 Å². The zero-order valence-corrected chi connectivity index (χ0v) is 7.62. The summed E-state index contributed by atoms with van der Waals surface area (Å²) in [5.74, 6) is -2.69. The van der Waals surface area contributed by atoms with E-state index in [1.807, 2.05) is 0 Å². The van der Waals surface area contributed by atoms with Crippen LogP contribution in [0.15, 0.2) is 0 Å². The molecule has 0 heterocycles. The van der Waals surface area contributed by atoms with Crippen LogP contribution in [0.2, 0.25) is 0 Å². The van der Waals surface area contributed by atoms with E-state index in [2.05, 4.69) is 0 Å². The Bertz CT molecular complexity index is 241. The molecule has 1 aliphatic carbocycles. The number of hydrogen-bond donors (Lipinski definition) is 2. The van der Waals surface area contributed by atoms with Crippen LogP contribution >= 0.6 is 0 Å². The molecule has 0 amide bonds. The minimum absolute atomic E-state index is 0. The number of aliphatic carboxylic acids is 2. The molecular formula is C9H15LiO4. The first-order valence-corrected chi connectivity index (χ1v) is 4.44. The molecule has 0 aliphatic heterocycles. The molecule has 0 saturated heterocycles. The molecule has 76 valence electrons. The fourth-order valence-corrected chi connectivity index (χ4v) is 1.99. The van der Waals surface area contributed by atoms with Crippen molar-refractivity contribution in [1.82, 2.24) is 0 Å². The van der Waals surface area contributed by atoms with Gasteiger partial charge < -0.3 is 10.2 Å². The number of rotatable bonds is 2. The van der Waals surface area contributed by atoms with Crippen LogP contribution in [0.3, 0.4) is 0 Å². The van der Waals surface area contributed by atoms with E-state index in [0.717, 1.165) is 12.8 Å². The Morgan fingerprint density at radius 2 is 1.86 bits per heavy atom. The second kappa shape index (κ2) is 4.86. The van der Waals surface area contributed by atoms with Crippen molar-refractivity contribution < 1.29 is 19.8 Å². The number of carboxylic acid groups (broad SMARTS) is 2. The van der Waals surface area contributed by atoms with Crippen molar-refractivity contribution in [3.05, 3.63) is 0 Å². The molecule has 0 aromatic heterocycles. The molecule has 2 unspecified atom stereocenters. The van der Waals surface area contributed by atoms with E-state index < -0.39 is 23.3 Å². The summed E-state index contributed by atoms with van der Waals surface area (Å²) < 4.78 is 0. The van der Waals surface area contributed by atoms with Crippen LogP contribution in [0.4, 0.5) is 0 Å². The van der Waals surface area contributed by atoms with Crippen molar-refractivity contribution in [2.45, 2.75) is 32.6 Å². The van der Waals surface area contributed by atoms with Gasteiger partial charge in [-0.2, -0.15) is 0 Å². The van der Waals surface area contributed by atoms with E-state index >= 15 is 0 Å². The van der Waals surface area contributed by atoms with Crippen molar-refractivity contribution >= 4 is 30.8 Å². The summed E-state index contributed by atoms with van der Waals surface area (Å²) in [6.45, 7) is 1.54. The first kappa shape index (κ1) is 13.5. The minimum atomic E-state index is -1.07. The van der Waals surface area contributed by atoms with Crippen LogP contribution in [0, 0.1) is 11.3 Å². The van der Waals surface area contributed by atoms with E-state index in [1.54, 1.807) is 0 Å². The molecule has 0 radical (unpaired) electrons. The van der Waals surface area contributed by atoms with Crippen molar-refractivity contribution in [3.8, 4) is 0 Å².